The number of nitrogen functional groups attached to an aromatic ring is 1. The number of nitrogens with two attached hydrogens (primary N) is 1. The van der Waals surface area contributed by atoms with Gasteiger partial charge in [0.25, 0.3) is 11.8 Å². The summed E-state index contributed by atoms with van der Waals surface area (Å²) in [6.07, 6.45) is 0. The van der Waals surface area contributed by atoms with Crippen LogP contribution in [0.15, 0.2) is 48.5 Å². The Balaban J connectivity index is 1.60. The second-order valence-corrected chi connectivity index (χ2v) is 5.07. The number of hydrogen-bond donors (Lipinski definition) is 1. The maximum Gasteiger partial charge on any atom is 0.338 e. The molecule has 0 bridgehead atoms. The lowest BCUT2D eigenvalue weighted by atomic mass is 10.1. The Morgan fingerprint density at radius 1 is 0.957 bits per heavy atom. The first-order valence-corrected chi connectivity index (χ1v) is 7.06. The van der Waals surface area contributed by atoms with E-state index < -0.39 is 5.97 Å². The maximum atomic E-state index is 12.1. The first kappa shape index (κ1) is 14.8. The van der Waals surface area contributed by atoms with E-state index in [4.69, 9.17) is 10.5 Å². The third-order valence-corrected chi connectivity index (χ3v) is 3.57. The third-order valence-electron chi connectivity index (χ3n) is 3.57. The van der Waals surface area contributed by atoms with Crippen LogP contribution in [0.3, 0.4) is 0 Å². The Bertz CT molecular complexity index is 748. The minimum Gasteiger partial charge on any atom is -0.460 e. The number of nitrogens with zero attached hydrogens (tertiary/aromatic N) is 1. The van der Waals surface area contributed by atoms with E-state index in [0.29, 0.717) is 22.4 Å². The molecule has 2 aromatic rings. The molecule has 1 aliphatic rings. The number of fused-ring (bicyclic) bond motifs is 1. The van der Waals surface area contributed by atoms with Gasteiger partial charge in [-0.1, -0.05) is 12.1 Å². The van der Waals surface area contributed by atoms with E-state index in [0.717, 1.165) is 4.90 Å². The van der Waals surface area contributed by atoms with Crippen molar-refractivity contribution in [3.05, 3.63) is 65.2 Å². The number of imide groups is 1. The van der Waals surface area contributed by atoms with Crippen LogP contribution in [0.25, 0.3) is 0 Å². The van der Waals surface area contributed by atoms with Crippen LogP contribution in [0.5, 0.6) is 0 Å². The lowest BCUT2D eigenvalue weighted by molar-refractivity contribution is 0.0420. The predicted molar refractivity (Wildman–Crippen MR) is 82.9 cm³/mol. The van der Waals surface area contributed by atoms with E-state index in [-0.39, 0.29) is 25.0 Å². The smallest absolute Gasteiger partial charge is 0.338 e. The van der Waals surface area contributed by atoms with Crippen LogP contribution >= 0.6 is 0 Å². The number of rotatable bonds is 4. The number of carbonyl (C=O) groups excluding carboxylic acids is 3. The van der Waals surface area contributed by atoms with Crippen molar-refractivity contribution in [1.82, 2.24) is 4.90 Å². The topological polar surface area (TPSA) is 89.7 Å². The van der Waals surface area contributed by atoms with E-state index in [9.17, 15) is 14.4 Å². The molecule has 116 valence electrons. The molecule has 0 aliphatic carbocycles. The van der Waals surface area contributed by atoms with Gasteiger partial charge in [0.2, 0.25) is 0 Å². The highest BCUT2D eigenvalue weighted by Crippen LogP contribution is 2.21. The highest BCUT2D eigenvalue weighted by atomic mass is 16.5. The zero-order valence-electron chi connectivity index (χ0n) is 12.2. The molecule has 6 nitrogen and oxygen atoms in total. The maximum absolute atomic E-state index is 12.1. The van der Waals surface area contributed by atoms with Crippen molar-refractivity contribution < 1.29 is 19.1 Å². The molecule has 0 atom stereocenters. The van der Waals surface area contributed by atoms with Gasteiger partial charge in [0.15, 0.2) is 0 Å². The normalized spacial score (nSPS) is 13.1. The summed E-state index contributed by atoms with van der Waals surface area (Å²) >= 11 is 0. The van der Waals surface area contributed by atoms with E-state index in [2.05, 4.69) is 0 Å². The van der Waals surface area contributed by atoms with Gasteiger partial charge in [-0.15, -0.1) is 0 Å². The van der Waals surface area contributed by atoms with Crippen molar-refractivity contribution in [3.63, 3.8) is 0 Å². The number of hydrogen-bond acceptors (Lipinski definition) is 5. The summed E-state index contributed by atoms with van der Waals surface area (Å²) in [5, 5.41) is 0. The summed E-state index contributed by atoms with van der Waals surface area (Å²) < 4.78 is 5.10. The lowest BCUT2D eigenvalue weighted by Crippen LogP contribution is -2.33. The molecule has 0 unspecified atom stereocenters. The van der Waals surface area contributed by atoms with Crippen molar-refractivity contribution in [2.45, 2.75) is 0 Å². The quantitative estimate of drug-likeness (QED) is 0.527. The van der Waals surface area contributed by atoms with E-state index in [1.165, 1.54) is 0 Å². The average Bonchev–Trinajstić information content (AvgIpc) is 2.81. The van der Waals surface area contributed by atoms with E-state index in [1.54, 1.807) is 48.5 Å². The highest BCUT2D eigenvalue weighted by molar-refractivity contribution is 6.21. The zero-order valence-corrected chi connectivity index (χ0v) is 12.2. The summed E-state index contributed by atoms with van der Waals surface area (Å²) in [5.74, 6) is -1.26. The molecular formula is C17H14N2O4. The van der Waals surface area contributed by atoms with Crippen LogP contribution in [-0.4, -0.2) is 35.8 Å². The Hall–Kier alpha value is -3.15. The van der Waals surface area contributed by atoms with Crippen LogP contribution < -0.4 is 5.73 Å². The summed E-state index contributed by atoms with van der Waals surface area (Å²) in [4.78, 5) is 37.2. The van der Waals surface area contributed by atoms with Crippen LogP contribution in [0.1, 0.15) is 31.1 Å². The van der Waals surface area contributed by atoms with Crippen LogP contribution in [0.2, 0.25) is 0 Å². The van der Waals surface area contributed by atoms with Gasteiger partial charge in [0.1, 0.15) is 6.61 Å². The molecule has 0 fully saturated rings. The molecule has 2 amide bonds. The first-order chi connectivity index (χ1) is 11.1. The predicted octanol–water partition coefficient (Wildman–Crippen LogP) is 1.72. The number of anilines is 1. The van der Waals surface area contributed by atoms with Crippen molar-refractivity contribution in [2.24, 2.45) is 0 Å². The van der Waals surface area contributed by atoms with Crippen LogP contribution in [0.4, 0.5) is 5.69 Å². The van der Waals surface area contributed by atoms with Gasteiger partial charge in [0.05, 0.1) is 23.2 Å². The first-order valence-electron chi connectivity index (χ1n) is 7.06. The van der Waals surface area contributed by atoms with Gasteiger partial charge < -0.3 is 10.5 Å². The molecule has 3 rings (SSSR count). The minimum absolute atomic E-state index is 0.0209. The largest absolute Gasteiger partial charge is 0.460 e. The molecule has 23 heavy (non-hydrogen) atoms. The van der Waals surface area contributed by atoms with Crippen molar-refractivity contribution in [1.29, 1.82) is 0 Å². The number of ether oxygens (including phenoxy) is 1. The standard InChI is InChI=1S/C17H14N2O4/c18-12-7-5-11(6-8-12)17(22)23-10-9-19-15(20)13-3-1-2-4-14(13)16(19)21/h1-8H,9-10,18H2. The van der Waals surface area contributed by atoms with Crippen molar-refractivity contribution >= 4 is 23.5 Å². The fourth-order valence-corrected chi connectivity index (χ4v) is 2.37. The van der Waals surface area contributed by atoms with Gasteiger partial charge in [0, 0.05) is 5.69 Å². The van der Waals surface area contributed by atoms with Crippen LogP contribution in [-0.2, 0) is 4.74 Å². The Morgan fingerprint density at radius 2 is 1.52 bits per heavy atom. The number of amides is 2. The third kappa shape index (κ3) is 2.78. The fourth-order valence-electron chi connectivity index (χ4n) is 2.37. The van der Waals surface area contributed by atoms with E-state index >= 15 is 0 Å². The molecule has 2 aromatic carbocycles. The molecular weight excluding hydrogens is 296 g/mol. The second-order valence-electron chi connectivity index (χ2n) is 5.07. The molecule has 1 heterocycles. The number of benzene rings is 2. The molecule has 0 saturated carbocycles. The SMILES string of the molecule is Nc1ccc(C(=O)OCCN2C(=O)c3ccccc3C2=O)cc1. The Morgan fingerprint density at radius 3 is 2.09 bits per heavy atom. The minimum atomic E-state index is -0.526. The summed E-state index contributed by atoms with van der Waals surface area (Å²) in [5.41, 5.74) is 7.21. The number of carbonyl (C=O) groups is 3. The van der Waals surface area contributed by atoms with E-state index in [1.807, 2.05) is 0 Å². The second kappa shape index (κ2) is 5.92. The lowest BCUT2D eigenvalue weighted by Gasteiger charge is -2.13. The summed E-state index contributed by atoms with van der Waals surface area (Å²) in [7, 11) is 0. The molecule has 2 N–H and O–H groups in total. The van der Waals surface area contributed by atoms with Crippen molar-refractivity contribution in [2.75, 3.05) is 18.9 Å². The van der Waals surface area contributed by atoms with Gasteiger partial charge in [-0.25, -0.2) is 4.79 Å². The molecule has 0 aromatic heterocycles. The Labute approximate surface area is 132 Å². The van der Waals surface area contributed by atoms with Crippen LogP contribution in [0, 0.1) is 0 Å². The summed E-state index contributed by atoms with van der Waals surface area (Å²) in [6, 6.07) is 12.9. The monoisotopic (exact) mass is 310 g/mol. The van der Waals surface area contributed by atoms with Gasteiger partial charge in [-0.2, -0.15) is 0 Å². The summed E-state index contributed by atoms with van der Waals surface area (Å²) in [6.45, 7) is -0.0399. The molecule has 0 saturated heterocycles. The molecule has 6 heteroatoms. The molecule has 0 spiro atoms. The van der Waals surface area contributed by atoms with Crippen molar-refractivity contribution in [3.8, 4) is 0 Å². The average molecular weight is 310 g/mol. The van der Waals surface area contributed by atoms with Gasteiger partial charge >= 0.3 is 5.97 Å². The van der Waals surface area contributed by atoms with Gasteiger partial charge in [-0.05, 0) is 36.4 Å². The highest BCUT2D eigenvalue weighted by Gasteiger charge is 2.34. The number of esters is 1. The molecule has 1 aliphatic heterocycles. The zero-order chi connectivity index (χ0) is 16.4. The Kier molecular flexibility index (Phi) is 3.80. The van der Waals surface area contributed by atoms with Gasteiger partial charge in [-0.3, -0.25) is 14.5 Å². The molecule has 0 radical (unpaired) electrons. The fraction of sp³-hybridized carbons (Fsp3) is 0.118.